The zero-order valence-electron chi connectivity index (χ0n) is 53.1. The van der Waals surface area contributed by atoms with Gasteiger partial charge >= 0.3 is 19.8 Å². The van der Waals surface area contributed by atoms with Crippen LogP contribution in [0.25, 0.3) is 0 Å². The average Bonchev–Trinajstić information content (AvgIpc) is 3.48. The number of rotatable bonds is 62. The van der Waals surface area contributed by atoms with E-state index < -0.39 is 26.5 Å². The van der Waals surface area contributed by atoms with Crippen molar-refractivity contribution in [3.8, 4) is 0 Å². The van der Waals surface area contributed by atoms with Gasteiger partial charge in [0, 0.05) is 19.4 Å². The molecule has 0 aromatic carbocycles. The first kappa shape index (κ1) is 79.2. The van der Waals surface area contributed by atoms with E-state index in [1.165, 1.54) is 135 Å². The maximum atomic E-state index is 12.8. The minimum Gasteiger partial charge on any atom is -0.462 e. The Morgan fingerprint density at radius 1 is 0.361 bits per heavy atom. The third kappa shape index (κ3) is 67.2. The predicted octanol–water partition coefficient (Wildman–Crippen LogP) is 22.1. The highest BCUT2D eigenvalue weighted by Gasteiger charge is 2.26. The Morgan fingerprint density at radius 3 is 0.928 bits per heavy atom. The molecule has 2 unspecified atom stereocenters. The van der Waals surface area contributed by atoms with Crippen LogP contribution in [-0.2, 0) is 32.7 Å². The second-order valence-electron chi connectivity index (χ2n) is 21.9. The van der Waals surface area contributed by atoms with E-state index in [-0.39, 0.29) is 38.6 Å². The second kappa shape index (κ2) is 67.3. The van der Waals surface area contributed by atoms with E-state index in [0.717, 1.165) is 116 Å². The fraction of sp³-hybridized carbons (Fsp3) is 0.671. The summed E-state index contributed by atoms with van der Waals surface area (Å²) < 4.78 is 33.2. The topological polar surface area (TPSA) is 134 Å². The van der Waals surface area contributed by atoms with Crippen LogP contribution in [0.3, 0.4) is 0 Å². The molecule has 0 aliphatic carbocycles. The number of nitrogens with two attached hydrogens (primary N) is 1. The molecule has 0 amide bonds. The minimum atomic E-state index is -4.40. The number of hydrogen-bond acceptors (Lipinski definition) is 8. The van der Waals surface area contributed by atoms with Crippen molar-refractivity contribution >= 4 is 19.8 Å². The first-order valence-corrected chi connectivity index (χ1v) is 35.2. The van der Waals surface area contributed by atoms with Gasteiger partial charge in [-0.05, 0) is 109 Å². The molecule has 0 radical (unpaired) electrons. The van der Waals surface area contributed by atoms with Crippen LogP contribution in [0, 0.1) is 0 Å². The highest BCUT2D eigenvalue weighted by atomic mass is 31.2. The maximum Gasteiger partial charge on any atom is 0.472 e. The highest BCUT2D eigenvalue weighted by Crippen LogP contribution is 2.43. The predicted molar refractivity (Wildman–Crippen MR) is 357 cm³/mol. The average molecular weight is 1170 g/mol. The van der Waals surface area contributed by atoms with Gasteiger partial charge in [-0.25, -0.2) is 4.57 Å². The maximum absolute atomic E-state index is 12.8. The fourth-order valence-electron chi connectivity index (χ4n) is 9.14. The number of phosphoric acid groups is 1. The number of carbonyl (C=O) groups excluding carboxylic acids is 2. The zero-order valence-corrected chi connectivity index (χ0v) is 54.0. The molecule has 2 atom stereocenters. The molecule has 0 aromatic heterocycles. The molecule has 9 nitrogen and oxygen atoms in total. The van der Waals surface area contributed by atoms with Crippen LogP contribution in [0.4, 0.5) is 0 Å². The molecular weight excluding hydrogens is 1050 g/mol. The quantitative estimate of drug-likeness (QED) is 0.0264. The van der Waals surface area contributed by atoms with Gasteiger partial charge in [0.05, 0.1) is 13.2 Å². The van der Waals surface area contributed by atoms with Gasteiger partial charge in [0.25, 0.3) is 0 Å². The number of hydrogen-bond donors (Lipinski definition) is 2. The molecule has 83 heavy (non-hydrogen) atoms. The molecule has 0 saturated carbocycles. The van der Waals surface area contributed by atoms with E-state index in [4.69, 9.17) is 24.3 Å². The van der Waals surface area contributed by atoms with Crippen LogP contribution in [-0.4, -0.2) is 49.3 Å². The lowest BCUT2D eigenvalue weighted by Crippen LogP contribution is -2.29. The number of allylic oxidation sites excluding steroid dienone is 22. The molecule has 474 valence electrons. The van der Waals surface area contributed by atoms with Crippen molar-refractivity contribution < 1.29 is 37.6 Å². The van der Waals surface area contributed by atoms with Crippen molar-refractivity contribution in [2.75, 3.05) is 26.4 Å². The van der Waals surface area contributed by atoms with Gasteiger partial charge in [0.1, 0.15) is 6.61 Å². The SMILES string of the molecule is CC/C=C\C/C=C\C/C=C\C/C=C\C/C=C\C/C=C\CCCCCCCCCCCCCCCCCCC(=O)OC(COC(=O)CCCCCCCCCCCCC/C=C\C/C=C\C/C=C\C/C=C\C/C=C\CC)COP(=O)(O)OCCN. The molecule has 10 heteroatoms. The summed E-state index contributed by atoms with van der Waals surface area (Å²) in [4.78, 5) is 35.3. The summed E-state index contributed by atoms with van der Waals surface area (Å²) in [5.74, 6) is -0.830. The van der Waals surface area contributed by atoms with Gasteiger partial charge in [-0.1, -0.05) is 295 Å². The van der Waals surface area contributed by atoms with E-state index >= 15 is 0 Å². The van der Waals surface area contributed by atoms with Crippen molar-refractivity contribution in [2.24, 2.45) is 5.73 Å². The van der Waals surface area contributed by atoms with Crippen molar-refractivity contribution in [1.82, 2.24) is 0 Å². The number of phosphoric ester groups is 1. The minimum absolute atomic E-state index is 0.0483. The van der Waals surface area contributed by atoms with Crippen molar-refractivity contribution in [3.05, 3.63) is 134 Å². The Bertz CT molecular complexity index is 1820. The van der Waals surface area contributed by atoms with Gasteiger partial charge in [-0.3, -0.25) is 18.6 Å². The Balaban J connectivity index is 3.91. The smallest absolute Gasteiger partial charge is 0.462 e. The summed E-state index contributed by atoms with van der Waals surface area (Å²) in [5.41, 5.74) is 5.40. The summed E-state index contributed by atoms with van der Waals surface area (Å²) in [6, 6.07) is 0. The molecule has 0 aliphatic heterocycles. The monoisotopic (exact) mass is 1170 g/mol. The third-order valence-electron chi connectivity index (χ3n) is 14.0. The molecule has 0 heterocycles. The standard InChI is InChI=1S/C73H124NO8P/c1-3-5-7-9-11-13-15-17-19-21-23-25-27-29-31-32-33-34-35-36-37-38-40-42-44-46-48-50-52-54-56-58-60-62-64-66-73(76)82-71(70-81-83(77,78)80-68-67-74)69-79-72(75)65-63-61-59-57-55-53-51-49-47-45-43-41-39-30-28-26-24-22-20-18-16-14-12-10-8-6-4-2/h5-8,11-14,17-20,23-26,29-31,33-34,39,71H,3-4,9-10,15-16,21-22,27-28,32,35-38,40-70,74H2,1-2H3,(H,77,78)/b7-5-,8-6-,13-11-,14-12-,19-17-,20-18-,25-23-,26-24-,31-29-,34-33-,39-30-. The second-order valence-corrected chi connectivity index (χ2v) is 23.4. The number of esters is 2. The van der Waals surface area contributed by atoms with Gasteiger partial charge in [-0.15, -0.1) is 0 Å². The lowest BCUT2D eigenvalue weighted by molar-refractivity contribution is -0.161. The number of ether oxygens (including phenoxy) is 2. The van der Waals surface area contributed by atoms with Gasteiger partial charge in [-0.2, -0.15) is 0 Å². The van der Waals surface area contributed by atoms with E-state index in [1.807, 2.05) is 0 Å². The van der Waals surface area contributed by atoms with E-state index in [1.54, 1.807) is 0 Å². The van der Waals surface area contributed by atoms with Gasteiger partial charge < -0.3 is 20.1 Å². The van der Waals surface area contributed by atoms with Crippen LogP contribution in [0.15, 0.2) is 134 Å². The fourth-order valence-corrected chi connectivity index (χ4v) is 9.90. The Kier molecular flexibility index (Phi) is 64.2. The molecule has 0 rings (SSSR count). The molecule has 0 saturated heterocycles. The van der Waals surface area contributed by atoms with Crippen LogP contribution < -0.4 is 5.73 Å². The largest absolute Gasteiger partial charge is 0.472 e. The first-order valence-electron chi connectivity index (χ1n) is 33.7. The van der Waals surface area contributed by atoms with Crippen molar-refractivity contribution in [3.63, 3.8) is 0 Å². The number of carbonyl (C=O) groups is 2. The Hall–Kier alpha value is -3.85. The van der Waals surface area contributed by atoms with Gasteiger partial charge in [0.15, 0.2) is 6.10 Å². The lowest BCUT2D eigenvalue weighted by atomic mass is 10.0. The lowest BCUT2D eigenvalue weighted by Gasteiger charge is -2.19. The van der Waals surface area contributed by atoms with Crippen LogP contribution >= 0.6 is 7.82 Å². The third-order valence-corrected chi connectivity index (χ3v) is 15.0. The normalized spacial score (nSPS) is 13.8. The first-order chi connectivity index (χ1) is 40.8. The zero-order chi connectivity index (χ0) is 60.1. The summed E-state index contributed by atoms with van der Waals surface area (Å²) in [6.07, 6.45) is 95.3. The van der Waals surface area contributed by atoms with Crippen molar-refractivity contribution in [1.29, 1.82) is 0 Å². The molecule has 0 spiro atoms. The van der Waals surface area contributed by atoms with Crippen LogP contribution in [0.2, 0.25) is 0 Å². The van der Waals surface area contributed by atoms with Crippen LogP contribution in [0.5, 0.6) is 0 Å². The summed E-state index contributed by atoms with van der Waals surface area (Å²) >= 11 is 0. The molecule has 0 fully saturated rings. The Morgan fingerprint density at radius 2 is 0.627 bits per heavy atom. The summed E-state index contributed by atoms with van der Waals surface area (Å²) in [7, 11) is -4.40. The van der Waals surface area contributed by atoms with E-state index in [2.05, 4.69) is 148 Å². The molecular formula is C73H124NO8P. The summed E-state index contributed by atoms with van der Waals surface area (Å²) in [6.45, 7) is 3.53. The Labute approximate surface area is 510 Å². The van der Waals surface area contributed by atoms with Crippen molar-refractivity contribution in [2.45, 2.75) is 290 Å². The summed E-state index contributed by atoms with van der Waals surface area (Å²) in [5, 5.41) is 0. The van der Waals surface area contributed by atoms with Gasteiger partial charge in [0.2, 0.25) is 0 Å². The molecule has 0 bridgehead atoms. The molecule has 0 aliphatic rings. The highest BCUT2D eigenvalue weighted by molar-refractivity contribution is 7.47. The van der Waals surface area contributed by atoms with Crippen LogP contribution in [0.1, 0.15) is 284 Å². The molecule has 3 N–H and O–H groups in total. The van der Waals surface area contributed by atoms with E-state index in [9.17, 15) is 19.0 Å². The van der Waals surface area contributed by atoms with E-state index in [0.29, 0.717) is 6.42 Å². The molecule has 0 aromatic rings. The number of unbranched alkanes of at least 4 members (excludes halogenated alkanes) is 27.